The van der Waals surface area contributed by atoms with Crippen LogP contribution in [0.15, 0.2) is 24.3 Å². The molecular weight excluding hydrogens is 258 g/mol. The quantitative estimate of drug-likeness (QED) is 0.758. The summed E-state index contributed by atoms with van der Waals surface area (Å²) in [4.78, 5) is 0. The fourth-order valence-electron chi connectivity index (χ4n) is 4.43. The first kappa shape index (κ1) is 12.8. The van der Waals surface area contributed by atoms with E-state index in [1.807, 2.05) is 6.92 Å². The number of phenolic OH excluding ortho intramolecular Hbond substituents is 1. The molecule has 0 spiro atoms. The Hall–Kier alpha value is -1.96. The van der Waals surface area contributed by atoms with Crippen LogP contribution in [0.1, 0.15) is 46.2 Å². The van der Waals surface area contributed by atoms with E-state index in [9.17, 15) is 5.11 Å². The molecule has 2 aromatic rings. The maximum Gasteiger partial charge on any atom is 0.121 e. The first-order valence-corrected chi connectivity index (χ1v) is 7.62. The first-order chi connectivity index (χ1) is 9.94. The summed E-state index contributed by atoms with van der Waals surface area (Å²) in [6, 6.07) is 8.58. The fourth-order valence-corrected chi connectivity index (χ4v) is 4.43. The van der Waals surface area contributed by atoms with Gasteiger partial charge in [0.25, 0.3) is 0 Å². The lowest BCUT2D eigenvalue weighted by molar-refractivity contribution is 0.464. The van der Waals surface area contributed by atoms with Crippen LogP contribution >= 0.6 is 0 Å². The van der Waals surface area contributed by atoms with E-state index in [2.05, 4.69) is 50.4 Å². The molecular formula is C19H21NO. The third-order valence-electron chi connectivity index (χ3n) is 5.62. The molecule has 0 bridgehead atoms. The molecule has 1 aliphatic heterocycles. The summed E-state index contributed by atoms with van der Waals surface area (Å²) in [5, 5.41) is 14.2. The standard InChI is InChI=1S/C19H21NO/c1-10-11(2)18(21)12(3)16-14(10)9-19(4)17(16)13-7-5-6-8-15(13)20-19/h5-8,17,20-21H,9H2,1-4H3. The topological polar surface area (TPSA) is 32.3 Å². The van der Waals surface area contributed by atoms with Crippen LogP contribution in [-0.2, 0) is 6.42 Å². The van der Waals surface area contributed by atoms with E-state index < -0.39 is 0 Å². The summed E-state index contributed by atoms with van der Waals surface area (Å²) in [5.41, 5.74) is 8.75. The minimum absolute atomic E-state index is 0.0295. The van der Waals surface area contributed by atoms with Gasteiger partial charge >= 0.3 is 0 Å². The second-order valence-corrected chi connectivity index (χ2v) is 6.86. The second kappa shape index (κ2) is 3.82. The zero-order valence-corrected chi connectivity index (χ0v) is 13.0. The number of fused-ring (bicyclic) bond motifs is 5. The molecule has 1 heterocycles. The van der Waals surface area contributed by atoms with Gasteiger partial charge in [0.05, 0.1) is 0 Å². The Balaban J connectivity index is 2.05. The zero-order valence-electron chi connectivity index (χ0n) is 13.0. The molecule has 0 fully saturated rings. The zero-order chi connectivity index (χ0) is 14.9. The summed E-state index contributed by atoms with van der Waals surface area (Å²) in [6.07, 6.45) is 1.02. The van der Waals surface area contributed by atoms with Gasteiger partial charge in [0, 0.05) is 17.1 Å². The number of nitrogens with one attached hydrogen (secondary N) is 1. The van der Waals surface area contributed by atoms with E-state index in [1.54, 1.807) is 0 Å². The molecule has 0 radical (unpaired) electrons. The molecule has 2 N–H and O–H groups in total. The van der Waals surface area contributed by atoms with Crippen LogP contribution < -0.4 is 5.32 Å². The highest BCUT2D eigenvalue weighted by atomic mass is 16.3. The van der Waals surface area contributed by atoms with Crippen molar-refractivity contribution in [3.8, 4) is 5.75 Å². The molecule has 2 atom stereocenters. The third-order valence-corrected chi connectivity index (χ3v) is 5.62. The van der Waals surface area contributed by atoms with Crippen LogP contribution in [-0.4, -0.2) is 10.6 Å². The Bertz CT molecular complexity index is 778. The van der Waals surface area contributed by atoms with Crippen molar-refractivity contribution in [3.05, 3.63) is 57.6 Å². The molecule has 0 amide bonds. The van der Waals surface area contributed by atoms with Gasteiger partial charge < -0.3 is 10.4 Å². The molecule has 0 saturated carbocycles. The molecule has 0 saturated heterocycles. The highest BCUT2D eigenvalue weighted by Gasteiger charge is 2.50. The maximum atomic E-state index is 10.5. The largest absolute Gasteiger partial charge is 0.507 e. The number of hydrogen-bond donors (Lipinski definition) is 2. The highest BCUT2D eigenvalue weighted by Crippen LogP contribution is 2.56. The smallest absolute Gasteiger partial charge is 0.121 e. The molecule has 2 nitrogen and oxygen atoms in total. The number of hydrogen-bond acceptors (Lipinski definition) is 2. The Morgan fingerprint density at radius 2 is 1.81 bits per heavy atom. The normalized spacial score (nSPS) is 25.2. The van der Waals surface area contributed by atoms with Crippen LogP contribution in [0.3, 0.4) is 0 Å². The van der Waals surface area contributed by atoms with E-state index >= 15 is 0 Å². The molecule has 2 unspecified atom stereocenters. The van der Waals surface area contributed by atoms with Crippen molar-refractivity contribution in [1.29, 1.82) is 0 Å². The van der Waals surface area contributed by atoms with Gasteiger partial charge in [-0.05, 0) is 73.6 Å². The van der Waals surface area contributed by atoms with Crippen molar-refractivity contribution in [2.75, 3.05) is 5.32 Å². The van der Waals surface area contributed by atoms with E-state index in [4.69, 9.17) is 0 Å². The number of anilines is 1. The second-order valence-electron chi connectivity index (χ2n) is 6.86. The van der Waals surface area contributed by atoms with E-state index in [-0.39, 0.29) is 5.54 Å². The molecule has 2 aliphatic rings. The van der Waals surface area contributed by atoms with Gasteiger partial charge in [-0.2, -0.15) is 0 Å². The summed E-state index contributed by atoms with van der Waals surface area (Å²) < 4.78 is 0. The number of benzene rings is 2. The number of para-hydroxylation sites is 1. The van der Waals surface area contributed by atoms with Crippen molar-refractivity contribution in [2.24, 2.45) is 0 Å². The maximum absolute atomic E-state index is 10.5. The molecule has 4 rings (SSSR count). The summed E-state index contributed by atoms with van der Waals surface area (Å²) in [6.45, 7) is 8.54. The summed E-state index contributed by atoms with van der Waals surface area (Å²) >= 11 is 0. The predicted molar refractivity (Wildman–Crippen MR) is 86.3 cm³/mol. The summed E-state index contributed by atoms with van der Waals surface area (Å²) in [7, 11) is 0. The van der Waals surface area contributed by atoms with Gasteiger partial charge in [-0.1, -0.05) is 18.2 Å². The fraction of sp³-hybridized carbons (Fsp3) is 0.368. The SMILES string of the molecule is Cc1c(C)c2c(c(C)c1O)C1c3ccccc3NC1(C)C2. The minimum Gasteiger partial charge on any atom is -0.507 e. The Labute approximate surface area is 125 Å². The highest BCUT2D eigenvalue weighted by molar-refractivity contribution is 5.71. The molecule has 2 aromatic carbocycles. The average molecular weight is 279 g/mol. The van der Waals surface area contributed by atoms with Crippen molar-refractivity contribution >= 4 is 5.69 Å². The number of aromatic hydroxyl groups is 1. The van der Waals surface area contributed by atoms with Crippen molar-refractivity contribution in [2.45, 2.75) is 45.6 Å². The van der Waals surface area contributed by atoms with Gasteiger partial charge in [0.1, 0.15) is 5.75 Å². The number of rotatable bonds is 0. The van der Waals surface area contributed by atoms with Gasteiger partial charge in [0.15, 0.2) is 0 Å². The lowest BCUT2D eigenvalue weighted by Gasteiger charge is -2.26. The lowest BCUT2D eigenvalue weighted by Crippen LogP contribution is -2.34. The minimum atomic E-state index is 0.0295. The molecule has 1 aliphatic carbocycles. The van der Waals surface area contributed by atoms with E-state index in [0.29, 0.717) is 11.7 Å². The summed E-state index contributed by atoms with van der Waals surface area (Å²) in [5.74, 6) is 0.814. The Kier molecular flexibility index (Phi) is 2.32. The lowest BCUT2D eigenvalue weighted by atomic mass is 9.82. The van der Waals surface area contributed by atoms with Crippen molar-refractivity contribution in [1.82, 2.24) is 0 Å². The molecule has 0 aromatic heterocycles. The van der Waals surface area contributed by atoms with Gasteiger partial charge in [-0.15, -0.1) is 0 Å². The Morgan fingerprint density at radius 1 is 1.10 bits per heavy atom. The van der Waals surface area contributed by atoms with Crippen molar-refractivity contribution in [3.63, 3.8) is 0 Å². The van der Waals surface area contributed by atoms with Gasteiger partial charge in [0.2, 0.25) is 0 Å². The molecule has 2 heteroatoms. The van der Waals surface area contributed by atoms with E-state index in [1.165, 1.54) is 27.9 Å². The Morgan fingerprint density at radius 3 is 2.57 bits per heavy atom. The first-order valence-electron chi connectivity index (χ1n) is 7.62. The average Bonchev–Trinajstić information content (AvgIpc) is 2.91. The van der Waals surface area contributed by atoms with Gasteiger partial charge in [-0.25, -0.2) is 0 Å². The third kappa shape index (κ3) is 1.43. The monoisotopic (exact) mass is 279 g/mol. The van der Waals surface area contributed by atoms with Crippen molar-refractivity contribution < 1.29 is 5.11 Å². The molecule has 21 heavy (non-hydrogen) atoms. The van der Waals surface area contributed by atoms with Crippen LogP contribution in [0.5, 0.6) is 5.75 Å². The van der Waals surface area contributed by atoms with Crippen LogP contribution in [0.25, 0.3) is 0 Å². The van der Waals surface area contributed by atoms with Crippen LogP contribution in [0, 0.1) is 20.8 Å². The van der Waals surface area contributed by atoms with E-state index in [0.717, 1.165) is 17.5 Å². The van der Waals surface area contributed by atoms with Crippen LogP contribution in [0.2, 0.25) is 0 Å². The van der Waals surface area contributed by atoms with Crippen LogP contribution in [0.4, 0.5) is 5.69 Å². The molecule has 108 valence electrons. The predicted octanol–water partition coefficient (Wildman–Crippen LogP) is 4.19. The van der Waals surface area contributed by atoms with Gasteiger partial charge in [-0.3, -0.25) is 0 Å². The number of phenols is 1.